The molecule has 0 aliphatic carbocycles. The highest BCUT2D eigenvalue weighted by atomic mass is 127. The SMILES string of the molecule is O=C1CCC(=O)N1I.O=NO. The molecule has 1 saturated heterocycles. The second-order valence-electron chi connectivity index (χ2n) is 1.65. The number of hydrogen-bond acceptors (Lipinski definition) is 4. The molecule has 2 amide bonds. The highest BCUT2D eigenvalue weighted by Crippen LogP contribution is 2.15. The Kier molecular flexibility index (Phi) is 4.66. The van der Waals surface area contributed by atoms with Crippen molar-refractivity contribution in [1.29, 1.82) is 0 Å². The van der Waals surface area contributed by atoms with E-state index in [1.165, 1.54) is 5.34 Å². The van der Waals surface area contributed by atoms with Gasteiger partial charge in [-0.15, -0.1) is 4.91 Å². The van der Waals surface area contributed by atoms with Crippen LogP contribution in [0.15, 0.2) is 5.34 Å². The molecule has 1 rings (SSSR count). The normalized spacial score (nSPS) is 15.9. The van der Waals surface area contributed by atoms with Crippen LogP contribution in [0.5, 0.6) is 0 Å². The van der Waals surface area contributed by atoms with E-state index in [1.54, 1.807) is 22.9 Å². The predicted molar refractivity (Wildman–Crippen MR) is 42.7 cm³/mol. The van der Waals surface area contributed by atoms with E-state index in [0.29, 0.717) is 12.8 Å². The zero-order valence-electron chi connectivity index (χ0n) is 5.36. The molecule has 0 aromatic rings. The highest BCUT2D eigenvalue weighted by Gasteiger charge is 2.26. The Hall–Kier alpha value is -0.730. The molecule has 1 N–H and O–H groups in total. The van der Waals surface area contributed by atoms with Crippen molar-refractivity contribution in [2.24, 2.45) is 5.34 Å². The van der Waals surface area contributed by atoms with Crippen LogP contribution in [0.25, 0.3) is 0 Å². The van der Waals surface area contributed by atoms with E-state index in [4.69, 9.17) is 10.1 Å². The lowest BCUT2D eigenvalue weighted by atomic mass is 10.4. The summed E-state index contributed by atoms with van der Waals surface area (Å²) in [7, 11) is 0. The van der Waals surface area contributed by atoms with E-state index in [9.17, 15) is 9.59 Å². The molecule has 62 valence electrons. The summed E-state index contributed by atoms with van der Waals surface area (Å²) in [6, 6.07) is 0. The van der Waals surface area contributed by atoms with E-state index >= 15 is 0 Å². The van der Waals surface area contributed by atoms with Gasteiger partial charge >= 0.3 is 0 Å². The molecule has 0 bridgehead atoms. The van der Waals surface area contributed by atoms with Gasteiger partial charge in [0.1, 0.15) is 0 Å². The first-order valence-electron chi connectivity index (χ1n) is 2.61. The average molecular weight is 272 g/mol. The molecule has 1 heterocycles. The van der Waals surface area contributed by atoms with Gasteiger partial charge in [-0.2, -0.15) is 0 Å². The fraction of sp³-hybridized carbons (Fsp3) is 0.500. The van der Waals surface area contributed by atoms with Crippen molar-refractivity contribution in [2.45, 2.75) is 12.8 Å². The molecule has 1 aliphatic rings. The monoisotopic (exact) mass is 272 g/mol. The van der Waals surface area contributed by atoms with Crippen molar-refractivity contribution < 1.29 is 14.8 Å². The third-order valence-electron chi connectivity index (χ3n) is 0.991. The predicted octanol–water partition coefficient (Wildman–Crippen LogP) is 0.627. The van der Waals surface area contributed by atoms with E-state index in [0.717, 1.165) is 3.11 Å². The maximum atomic E-state index is 10.5. The van der Waals surface area contributed by atoms with Crippen LogP contribution < -0.4 is 0 Å². The maximum absolute atomic E-state index is 10.5. The standard InChI is InChI=1S/C4H4INO2.HNO2/c5-6-3(7)1-2-4(6)8;2-1-3/h1-2H2;(H,2,3). The Morgan fingerprint density at radius 1 is 1.36 bits per heavy atom. The number of imide groups is 1. The lowest BCUT2D eigenvalue weighted by Gasteiger charge is -1.97. The van der Waals surface area contributed by atoms with Gasteiger partial charge in [0.05, 0.1) is 22.9 Å². The van der Waals surface area contributed by atoms with Crippen molar-refractivity contribution in [3.63, 3.8) is 0 Å². The second-order valence-corrected chi connectivity index (χ2v) is 2.61. The summed E-state index contributed by atoms with van der Waals surface area (Å²) in [6.45, 7) is 0. The topological polar surface area (TPSA) is 87.0 Å². The molecule has 0 atom stereocenters. The first kappa shape index (κ1) is 10.3. The van der Waals surface area contributed by atoms with Gasteiger partial charge < -0.3 is 5.21 Å². The van der Waals surface area contributed by atoms with Crippen LogP contribution in [-0.2, 0) is 9.59 Å². The summed E-state index contributed by atoms with van der Waals surface area (Å²) >= 11 is 1.72. The quantitative estimate of drug-likeness (QED) is 0.230. The molecule has 1 fully saturated rings. The molecule has 0 radical (unpaired) electrons. The second kappa shape index (κ2) is 4.99. The van der Waals surface area contributed by atoms with Crippen LogP contribution >= 0.6 is 22.9 Å². The fourth-order valence-corrected chi connectivity index (χ4v) is 1.03. The number of halogens is 1. The summed E-state index contributed by atoms with van der Waals surface area (Å²) in [4.78, 5) is 29.1. The van der Waals surface area contributed by atoms with Crippen LogP contribution in [0.2, 0.25) is 0 Å². The van der Waals surface area contributed by atoms with Crippen molar-refractivity contribution in [1.82, 2.24) is 3.11 Å². The van der Waals surface area contributed by atoms with Gasteiger partial charge in [-0.3, -0.25) is 9.59 Å². The molecule has 0 aromatic heterocycles. The first-order valence-corrected chi connectivity index (χ1v) is 3.58. The largest absolute Gasteiger partial charge is 0.379 e. The first-order chi connectivity index (χ1) is 5.13. The minimum atomic E-state index is -0.0735. The summed E-state index contributed by atoms with van der Waals surface area (Å²) in [5.74, 6) is -0.147. The molecule has 0 unspecified atom stereocenters. The minimum absolute atomic E-state index is 0.0735. The third kappa shape index (κ3) is 3.25. The molecular weight excluding hydrogens is 267 g/mol. The van der Waals surface area contributed by atoms with Crippen molar-refractivity contribution in [2.75, 3.05) is 0 Å². The highest BCUT2D eigenvalue weighted by molar-refractivity contribution is 14.1. The molecule has 6 nitrogen and oxygen atoms in total. The molecule has 0 spiro atoms. The van der Waals surface area contributed by atoms with Crippen LogP contribution in [0, 0.1) is 4.91 Å². The number of carbonyl (C=O) groups is 2. The summed E-state index contributed by atoms with van der Waals surface area (Å²) in [5, 5.41) is 7.89. The van der Waals surface area contributed by atoms with E-state index in [-0.39, 0.29) is 11.8 Å². The lowest BCUT2D eigenvalue weighted by molar-refractivity contribution is -0.130. The minimum Gasteiger partial charge on any atom is -0.379 e. The van der Waals surface area contributed by atoms with Crippen LogP contribution in [-0.4, -0.2) is 20.1 Å². The molecular formula is C4H5IN2O4. The van der Waals surface area contributed by atoms with Gasteiger partial charge in [-0.1, -0.05) is 0 Å². The van der Waals surface area contributed by atoms with Crippen LogP contribution in [0.1, 0.15) is 12.8 Å². The number of hydrogen-bond donors (Lipinski definition) is 1. The molecule has 0 saturated carbocycles. The zero-order valence-corrected chi connectivity index (χ0v) is 7.52. The zero-order chi connectivity index (χ0) is 8.85. The fourth-order valence-electron chi connectivity index (χ4n) is 0.549. The van der Waals surface area contributed by atoms with Crippen molar-refractivity contribution >= 4 is 34.7 Å². The third-order valence-corrected chi connectivity index (χ3v) is 2.07. The average Bonchev–Trinajstić information content (AvgIpc) is 2.22. The number of rotatable bonds is 0. The van der Waals surface area contributed by atoms with Gasteiger partial charge in [0.15, 0.2) is 5.34 Å². The van der Waals surface area contributed by atoms with Gasteiger partial charge in [0.2, 0.25) is 11.8 Å². The summed E-state index contributed by atoms with van der Waals surface area (Å²) in [5.41, 5.74) is 0. The van der Waals surface area contributed by atoms with Gasteiger partial charge in [-0.25, -0.2) is 3.11 Å². The molecule has 11 heavy (non-hydrogen) atoms. The molecule has 1 aliphatic heterocycles. The van der Waals surface area contributed by atoms with E-state index in [2.05, 4.69) is 0 Å². The van der Waals surface area contributed by atoms with Gasteiger partial charge in [0, 0.05) is 12.8 Å². The number of nitrogens with zero attached hydrogens (tertiary/aromatic N) is 2. The lowest BCUT2D eigenvalue weighted by Crippen LogP contribution is -2.16. The Labute approximate surface area is 76.0 Å². The maximum Gasteiger partial charge on any atom is 0.238 e. The van der Waals surface area contributed by atoms with Crippen molar-refractivity contribution in [3.8, 4) is 0 Å². The molecule has 0 aromatic carbocycles. The van der Waals surface area contributed by atoms with Gasteiger partial charge in [0.25, 0.3) is 0 Å². The van der Waals surface area contributed by atoms with E-state index < -0.39 is 0 Å². The smallest absolute Gasteiger partial charge is 0.238 e. The van der Waals surface area contributed by atoms with Crippen molar-refractivity contribution in [3.05, 3.63) is 4.91 Å². The van der Waals surface area contributed by atoms with Crippen LogP contribution in [0.4, 0.5) is 0 Å². The van der Waals surface area contributed by atoms with E-state index in [1.807, 2.05) is 0 Å². The summed E-state index contributed by atoms with van der Waals surface area (Å²) < 4.78 is 1.14. The number of amides is 2. The number of carbonyl (C=O) groups excluding carboxylic acids is 2. The van der Waals surface area contributed by atoms with Gasteiger partial charge in [-0.05, 0) is 0 Å². The summed E-state index contributed by atoms with van der Waals surface area (Å²) in [6.07, 6.45) is 0.781. The van der Waals surface area contributed by atoms with Crippen LogP contribution in [0.3, 0.4) is 0 Å². The Balaban J connectivity index is 0.000000292. The Morgan fingerprint density at radius 2 is 1.64 bits per heavy atom. The Morgan fingerprint density at radius 3 is 1.73 bits per heavy atom. The Bertz CT molecular complexity index is 167. The molecule has 7 heteroatoms.